The van der Waals surface area contributed by atoms with Crippen molar-refractivity contribution in [1.29, 1.82) is 0 Å². The van der Waals surface area contributed by atoms with Crippen LogP contribution in [0, 0.1) is 13.8 Å². The fourth-order valence-corrected chi connectivity index (χ4v) is 2.21. The van der Waals surface area contributed by atoms with Gasteiger partial charge in [0.1, 0.15) is 5.75 Å². The number of carbonyl (C=O) groups excluding carboxylic acids is 2. The molecule has 0 saturated carbocycles. The minimum absolute atomic E-state index is 0.00516. The number of anilines is 1. The second kappa shape index (κ2) is 7.09. The number of ether oxygens (including phenoxy) is 1. The number of hydrogen-bond acceptors (Lipinski definition) is 3. The Balaban J connectivity index is 2.00. The van der Waals surface area contributed by atoms with Gasteiger partial charge in [-0.25, -0.2) is 0 Å². The summed E-state index contributed by atoms with van der Waals surface area (Å²) in [5.41, 5.74) is 3.40. The van der Waals surface area contributed by atoms with Crippen molar-refractivity contribution < 1.29 is 14.3 Å². The van der Waals surface area contributed by atoms with Gasteiger partial charge in [-0.3, -0.25) is 9.59 Å². The largest absolute Gasteiger partial charge is 0.481 e. The van der Waals surface area contributed by atoms with Crippen LogP contribution in [0.4, 0.5) is 5.69 Å². The van der Waals surface area contributed by atoms with Crippen LogP contribution in [0.25, 0.3) is 0 Å². The molecule has 0 saturated heterocycles. The lowest BCUT2D eigenvalue weighted by Gasteiger charge is -2.16. The third kappa shape index (κ3) is 4.42. The maximum Gasteiger partial charge on any atom is 0.265 e. The topological polar surface area (TPSA) is 55.4 Å². The van der Waals surface area contributed by atoms with Crippen LogP contribution in [0.1, 0.15) is 35.3 Å². The number of benzene rings is 2. The number of Topliss-reactive ketones (excluding diaryl/α,β-unsaturated/α-hetero) is 1. The molecule has 0 aromatic heterocycles. The van der Waals surface area contributed by atoms with Gasteiger partial charge in [-0.2, -0.15) is 0 Å². The number of ketones is 1. The van der Waals surface area contributed by atoms with Crippen LogP contribution in [0.5, 0.6) is 5.75 Å². The van der Waals surface area contributed by atoms with Gasteiger partial charge < -0.3 is 10.1 Å². The summed E-state index contributed by atoms with van der Waals surface area (Å²) in [7, 11) is 0. The molecule has 2 aromatic rings. The van der Waals surface area contributed by atoms with E-state index in [1.165, 1.54) is 6.92 Å². The lowest BCUT2D eigenvalue weighted by Crippen LogP contribution is -2.30. The van der Waals surface area contributed by atoms with Gasteiger partial charge in [-0.1, -0.05) is 17.7 Å². The van der Waals surface area contributed by atoms with Crippen LogP contribution < -0.4 is 10.1 Å². The molecular formula is C19H21NO3. The number of rotatable bonds is 5. The Morgan fingerprint density at radius 1 is 1.04 bits per heavy atom. The molecule has 120 valence electrons. The number of nitrogens with one attached hydrogen (secondary N) is 1. The van der Waals surface area contributed by atoms with Gasteiger partial charge in [0.25, 0.3) is 5.91 Å². The summed E-state index contributed by atoms with van der Waals surface area (Å²) in [5.74, 6) is 0.458. The van der Waals surface area contributed by atoms with Crippen molar-refractivity contribution in [1.82, 2.24) is 0 Å². The lowest BCUT2D eigenvalue weighted by atomic mass is 10.1. The number of carbonyl (C=O) groups is 2. The first kappa shape index (κ1) is 16.7. The van der Waals surface area contributed by atoms with Crippen LogP contribution in [0.2, 0.25) is 0 Å². The molecule has 0 aliphatic heterocycles. The molecule has 0 aliphatic carbocycles. The molecule has 1 amide bonds. The Kier molecular flexibility index (Phi) is 5.16. The molecule has 0 spiro atoms. The highest BCUT2D eigenvalue weighted by atomic mass is 16.5. The maximum absolute atomic E-state index is 12.2. The highest BCUT2D eigenvalue weighted by Crippen LogP contribution is 2.20. The third-order valence-corrected chi connectivity index (χ3v) is 3.56. The molecule has 1 N–H and O–H groups in total. The first-order valence-electron chi connectivity index (χ1n) is 7.52. The summed E-state index contributed by atoms with van der Waals surface area (Å²) in [5, 5.41) is 2.78. The van der Waals surface area contributed by atoms with E-state index in [1.807, 2.05) is 32.0 Å². The van der Waals surface area contributed by atoms with Crippen molar-refractivity contribution in [2.24, 2.45) is 0 Å². The van der Waals surface area contributed by atoms with Crippen molar-refractivity contribution in [3.8, 4) is 5.75 Å². The molecule has 0 aliphatic rings. The standard InChI is InChI=1S/C19H21NO3/c1-12-5-10-18(13(2)11-12)23-15(4)19(22)20-17-8-6-16(7-9-17)14(3)21/h5-11,15H,1-4H3,(H,20,22)/t15-/m0/s1. The van der Waals surface area contributed by atoms with Crippen molar-refractivity contribution in [3.63, 3.8) is 0 Å². The monoisotopic (exact) mass is 311 g/mol. The molecule has 1 atom stereocenters. The van der Waals surface area contributed by atoms with E-state index in [1.54, 1.807) is 31.2 Å². The Morgan fingerprint density at radius 3 is 2.26 bits per heavy atom. The zero-order valence-electron chi connectivity index (χ0n) is 13.8. The summed E-state index contributed by atoms with van der Waals surface area (Å²) in [6, 6.07) is 12.6. The number of aryl methyl sites for hydroxylation is 2. The van der Waals surface area contributed by atoms with Crippen molar-refractivity contribution in [2.75, 3.05) is 5.32 Å². The molecule has 0 bridgehead atoms. The van der Waals surface area contributed by atoms with E-state index in [9.17, 15) is 9.59 Å². The van der Waals surface area contributed by atoms with E-state index in [2.05, 4.69) is 5.32 Å². The minimum atomic E-state index is -0.621. The lowest BCUT2D eigenvalue weighted by molar-refractivity contribution is -0.122. The average molecular weight is 311 g/mol. The summed E-state index contributed by atoms with van der Waals surface area (Å²) in [4.78, 5) is 23.4. The first-order valence-corrected chi connectivity index (χ1v) is 7.52. The van der Waals surface area contributed by atoms with Gasteiger partial charge in [0.2, 0.25) is 0 Å². The Morgan fingerprint density at radius 2 is 1.70 bits per heavy atom. The van der Waals surface area contributed by atoms with E-state index in [4.69, 9.17) is 4.74 Å². The molecule has 2 aromatic carbocycles. The zero-order chi connectivity index (χ0) is 17.0. The predicted octanol–water partition coefficient (Wildman–Crippen LogP) is 3.91. The Bertz CT molecular complexity index is 720. The van der Waals surface area contributed by atoms with E-state index in [-0.39, 0.29) is 11.7 Å². The van der Waals surface area contributed by atoms with Gasteiger partial charge >= 0.3 is 0 Å². The van der Waals surface area contributed by atoms with Crippen LogP contribution in [-0.2, 0) is 4.79 Å². The molecule has 2 rings (SSSR count). The van der Waals surface area contributed by atoms with Gasteiger partial charge in [0.15, 0.2) is 11.9 Å². The average Bonchev–Trinajstić information content (AvgIpc) is 2.50. The normalized spacial score (nSPS) is 11.7. The summed E-state index contributed by atoms with van der Waals surface area (Å²) in [6.45, 7) is 7.18. The van der Waals surface area contributed by atoms with E-state index >= 15 is 0 Å². The van der Waals surface area contributed by atoms with Crippen molar-refractivity contribution in [3.05, 3.63) is 59.2 Å². The fraction of sp³-hybridized carbons (Fsp3) is 0.263. The minimum Gasteiger partial charge on any atom is -0.481 e. The summed E-state index contributed by atoms with van der Waals surface area (Å²) >= 11 is 0. The van der Waals surface area contributed by atoms with Gasteiger partial charge in [0, 0.05) is 11.3 Å². The molecule has 4 nitrogen and oxygen atoms in total. The first-order chi connectivity index (χ1) is 10.9. The van der Waals surface area contributed by atoms with Gasteiger partial charge in [0.05, 0.1) is 0 Å². The van der Waals surface area contributed by atoms with Crippen LogP contribution >= 0.6 is 0 Å². The molecule has 0 unspecified atom stereocenters. The van der Waals surface area contributed by atoms with E-state index in [0.717, 1.165) is 11.1 Å². The highest BCUT2D eigenvalue weighted by Gasteiger charge is 2.16. The molecule has 0 heterocycles. The van der Waals surface area contributed by atoms with E-state index in [0.29, 0.717) is 17.0 Å². The van der Waals surface area contributed by atoms with Gasteiger partial charge in [-0.05, 0) is 63.6 Å². The third-order valence-electron chi connectivity index (χ3n) is 3.56. The Labute approximate surface area is 136 Å². The molecule has 0 radical (unpaired) electrons. The molecular weight excluding hydrogens is 290 g/mol. The smallest absolute Gasteiger partial charge is 0.265 e. The fourth-order valence-electron chi connectivity index (χ4n) is 2.21. The second-order valence-electron chi connectivity index (χ2n) is 5.65. The molecule has 4 heteroatoms. The number of amides is 1. The van der Waals surface area contributed by atoms with Crippen LogP contribution in [0.3, 0.4) is 0 Å². The molecule has 0 fully saturated rings. The van der Waals surface area contributed by atoms with Crippen molar-refractivity contribution >= 4 is 17.4 Å². The summed E-state index contributed by atoms with van der Waals surface area (Å²) < 4.78 is 5.73. The SMILES string of the molecule is CC(=O)c1ccc(NC(=O)[C@H](C)Oc2ccc(C)cc2C)cc1. The van der Waals surface area contributed by atoms with Crippen LogP contribution in [-0.4, -0.2) is 17.8 Å². The number of hydrogen-bond donors (Lipinski definition) is 1. The second-order valence-corrected chi connectivity index (χ2v) is 5.65. The highest BCUT2D eigenvalue weighted by molar-refractivity contribution is 5.96. The van der Waals surface area contributed by atoms with Crippen molar-refractivity contribution in [2.45, 2.75) is 33.8 Å². The quantitative estimate of drug-likeness (QED) is 0.852. The molecule has 23 heavy (non-hydrogen) atoms. The summed E-state index contributed by atoms with van der Waals surface area (Å²) in [6.07, 6.45) is -0.621. The predicted molar refractivity (Wildman–Crippen MR) is 91.1 cm³/mol. The zero-order valence-corrected chi connectivity index (χ0v) is 13.8. The van der Waals surface area contributed by atoms with Crippen LogP contribution in [0.15, 0.2) is 42.5 Å². The van der Waals surface area contributed by atoms with Gasteiger partial charge in [-0.15, -0.1) is 0 Å². The maximum atomic E-state index is 12.2. The Hall–Kier alpha value is -2.62. The van der Waals surface area contributed by atoms with E-state index < -0.39 is 6.10 Å².